The lowest BCUT2D eigenvalue weighted by molar-refractivity contribution is -0.118. The number of aryl methyl sites for hydroxylation is 1. The van der Waals surface area contributed by atoms with Crippen molar-refractivity contribution >= 4 is 57.5 Å². The van der Waals surface area contributed by atoms with Gasteiger partial charge in [0.25, 0.3) is 5.91 Å². The maximum Gasteiger partial charge on any atom is 0.250 e. The lowest BCUT2D eigenvalue weighted by atomic mass is 10.2. The van der Waals surface area contributed by atoms with E-state index < -0.39 is 0 Å². The van der Waals surface area contributed by atoms with Crippen LogP contribution in [0.25, 0.3) is 23.2 Å². The second-order valence-corrected chi connectivity index (χ2v) is 9.80. The van der Waals surface area contributed by atoms with Crippen LogP contribution < -0.4 is 5.43 Å². The number of hydrogen-bond donors (Lipinski definition) is 1. The molecule has 0 bridgehead atoms. The first kappa shape index (κ1) is 24.9. The van der Waals surface area contributed by atoms with Gasteiger partial charge in [0.15, 0.2) is 11.0 Å². The van der Waals surface area contributed by atoms with Crippen LogP contribution in [0.4, 0.5) is 0 Å². The lowest BCUT2D eigenvalue weighted by Gasteiger charge is -2.10. The molecule has 0 unspecified atom stereocenters. The number of hydrogen-bond acceptors (Lipinski definition) is 5. The normalized spacial score (nSPS) is 11.7. The highest BCUT2D eigenvalue weighted by Gasteiger charge is 2.17. The molecule has 1 heterocycles. The Hall–Kier alpha value is -3.20. The third-order valence-electron chi connectivity index (χ3n) is 4.84. The number of allylic oxidation sites excluding steroid dienone is 1. The number of rotatable bonds is 8. The Morgan fingerprint density at radius 1 is 1.06 bits per heavy atom. The van der Waals surface area contributed by atoms with Crippen LogP contribution in [0.1, 0.15) is 11.1 Å². The Morgan fingerprint density at radius 2 is 1.77 bits per heavy atom. The molecule has 0 spiro atoms. The van der Waals surface area contributed by atoms with Crippen molar-refractivity contribution in [2.75, 3.05) is 5.75 Å². The summed E-state index contributed by atoms with van der Waals surface area (Å²) in [4.78, 5) is 12.4. The standard InChI is InChI=1S/C26H21BrClN5OS/c1-18-7-13-23(14-8-18)33-25(20-9-11-22(28)12-10-20)31-32-26(33)35-17-24(34)30-29-16-21(27)15-19-5-3-2-4-6-19/h2-16H,17H2,1H3,(H,30,34)/b21-15-,29-16+. The first-order valence-electron chi connectivity index (χ1n) is 10.6. The average molecular weight is 567 g/mol. The average Bonchev–Trinajstić information content (AvgIpc) is 3.28. The fraction of sp³-hybridized carbons (Fsp3) is 0.0769. The molecule has 4 rings (SSSR count). The molecular formula is C26H21BrClN5OS. The molecule has 0 saturated carbocycles. The Kier molecular flexibility index (Phi) is 8.52. The lowest BCUT2D eigenvalue weighted by Crippen LogP contribution is -2.19. The first-order valence-corrected chi connectivity index (χ1v) is 12.8. The summed E-state index contributed by atoms with van der Waals surface area (Å²) in [6.07, 6.45) is 3.45. The highest BCUT2D eigenvalue weighted by atomic mass is 79.9. The van der Waals surface area contributed by atoms with E-state index in [1.807, 2.05) is 96.4 Å². The highest BCUT2D eigenvalue weighted by Crippen LogP contribution is 2.28. The Morgan fingerprint density at radius 3 is 2.49 bits per heavy atom. The van der Waals surface area contributed by atoms with Gasteiger partial charge in [-0.15, -0.1) is 10.2 Å². The molecule has 0 atom stereocenters. The van der Waals surface area contributed by atoms with Crippen molar-refractivity contribution in [3.63, 3.8) is 0 Å². The minimum Gasteiger partial charge on any atom is -0.272 e. The van der Waals surface area contributed by atoms with Gasteiger partial charge >= 0.3 is 0 Å². The third-order valence-corrected chi connectivity index (χ3v) is 6.46. The number of carbonyl (C=O) groups is 1. The molecule has 4 aromatic rings. The second kappa shape index (κ2) is 12.0. The Bertz CT molecular complexity index is 1350. The van der Waals surface area contributed by atoms with Gasteiger partial charge < -0.3 is 0 Å². The van der Waals surface area contributed by atoms with Crippen LogP contribution in [0, 0.1) is 6.92 Å². The number of benzene rings is 3. The summed E-state index contributed by atoms with van der Waals surface area (Å²) < 4.78 is 2.67. The number of thioether (sulfide) groups is 1. The fourth-order valence-electron chi connectivity index (χ4n) is 3.15. The van der Waals surface area contributed by atoms with E-state index in [-0.39, 0.29) is 11.7 Å². The molecule has 1 N–H and O–H groups in total. The number of aromatic nitrogens is 3. The molecule has 1 aromatic heterocycles. The van der Waals surface area contributed by atoms with Gasteiger partial charge in [0.2, 0.25) is 0 Å². The van der Waals surface area contributed by atoms with Crippen molar-refractivity contribution < 1.29 is 4.79 Å². The van der Waals surface area contributed by atoms with Gasteiger partial charge in [-0.05, 0) is 70.9 Å². The predicted molar refractivity (Wildman–Crippen MR) is 147 cm³/mol. The van der Waals surface area contributed by atoms with Gasteiger partial charge in [-0.25, -0.2) is 5.43 Å². The van der Waals surface area contributed by atoms with Gasteiger partial charge in [-0.1, -0.05) is 71.4 Å². The minimum atomic E-state index is -0.252. The summed E-state index contributed by atoms with van der Waals surface area (Å²) in [7, 11) is 0. The summed E-state index contributed by atoms with van der Waals surface area (Å²) in [5, 5.41) is 14.0. The van der Waals surface area contributed by atoms with Gasteiger partial charge in [0.05, 0.1) is 12.0 Å². The molecule has 0 aliphatic rings. The monoisotopic (exact) mass is 565 g/mol. The number of halogens is 2. The maximum absolute atomic E-state index is 12.4. The van der Waals surface area contributed by atoms with Crippen LogP contribution in [0.3, 0.4) is 0 Å². The number of amides is 1. The van der Waals surface area contributed by atoms with Crippen LogP contribution in [0.15, 0.2) is 93.6 Å². The first-order chi connectivity index (χ1) is 17.0. The fourth-order valence-corrected chi connectivity index (χ4v) is 4.39. The van der Waals surface area contributed by atoms with Crippen molar-refractivity contribution in [3.05, 3.63) is 99.5 Å². The second-order valence-electron chi connectivity index (χ2n) is 7.51. The third kappa shape index (κ3) is 6.91. The summed E-state index contributed by atoms with van der Waals surface area (Å²) in [6.45, 7) is 2.03. The molecular weight excluding hydrogens is 546 g/mol. The molecule has 3 aromatic carbocycles. The molecule has 0 aliphatic heterocycles. The van der Waals surface area contributed by atoms with Crippen molar-refractivity contribution in [2.45, 2.75) is 12.1 Å². The molecule has 1 amide bonds. The SMILES string of the molecule is Cc1ccc(-n2c(SCC(=O)N/N=C/C(Br)=C/c3ccccc3)nnc2-c2ccc(Cl)cc2)cc1. The van der Waals surface area contributed by atoms with E-state index in [0.29, 0.717) is 16.0 Å². The Labute approximate surface area is 221 Å². The van der Waals surface area contributed by atoms with E-state index >= 15 is 0 Å². The van der Waals surface area contributed by atoms with Crippen molar-refractivity contribution in [2.24, 2.45) is 5.10 Å². The van der Waals surface area contributed by atoms with Crippen molar-refractivity contribution in [3.8, 4) is 17.1 Å². The topological polar surface area (TPSA) is 72.2 Å². The van der Waals surface area contributed by atoms with E-state index in [2.05, 4.69) is 36.7 Å². The van der Waals surface area contributed by atoms with Gasteiger partial charge in [-0.3, -0.25) is 9.36 Å². The maximum atomic E-state index is 12.4. The quantitative estimate of drug-likeness (QED) is 0.150. The predicted octanol–water partition coefficient (Wildman–Crippen LogP) is 6.53. The van der Waals surface area contributed by atoms with Gasteiger partial charge in [-0.2, -0.15) is 5.10 Å². The van der Waals surface area contributed by atoms with Crippen LogP contribution in [0.5, 0.6) is 0 Å². The zero-order chi connectivity index (χ0) is 24.6. The number of hydrazone groups is 1. The summed E-state index contributed by atoms with van der Waals surface area (Å²) in [5.74, 6) is 0.543. The molecule has 176 valence electrons. The van der Waals surface area contributed by atoms with Gasteiger partial charge in [0.1, 0.15) is 0 Å². The van der Waals surface area contributed by atoms with Crippen LogP contribution in [-0.4, -0.2) is 32.6 Å². The zero-order valence-corrected chi connectivity index (χ0v) is 21.9. The molecule has 35 heavy (non-hydrogen) atoms. The highest BCUT2D eigenvalue weighted by molar-refractivity contribution is 9.12. The molecule has 0 radical (unpaired) electrons. The molecule has 0 fully saturated rings. The summed E-state index contributed by atoms with van der Waals surface area (Å²) >= 11 is 10.8. The summed E-state index contributed by atoms with van der Waals surface area (Å²) in [6, 6.07) is 25.3. The molecule has 6 nitrogen and oxygen atoms in total. The largest absolute Gasteiger partial charge is 0.272 e. The van der Waals surface area contributed by atoms with E-state index in [4.69, 9.17) is 11.6 Å². The number of nitrogens with one attached hydrogen (secondary N) is 1. The molecule has 0 aliphatic carbocycles. The van der Waals surface area contributed by atoms with Crippen LogP contribution >= 0.6 is 39.3 Å². The summed E-state index contributed by atoms with van der Waals surface area (Å²) in [5.41, 5.74) is 6.50. The zero-order valence-electron chi connectivity index (χ0n) is 18.7. The number of nitrogens with zero attached hydrogens (tertiary/aromatic N) is 4. The van der Waals surface area contributed by atoms with Crippen molar-refractivity contribution in [1.29, 1.82) is 0 Å². The van der Waals surface area contributed by atoms with E-state index in [9.17, 15) is 4.79 Å². The Balaban J connectivity index is 1.47. The van der Waals surface area contributed by atoms with E-state index in [1.54, 1.807) is 6.21 Å². The van der Waals surface area contributed by atoms with Crippen molar-refractivity contribution in [1.82, 2.24) is 20.2 Å². The number of carbonyl (C=O) groups excluding carboxylic acids is 1. The van der Waals surface area contributed by atoms with Crippen LogP contribution in [-0.2, 0) is 4.79 Å². The van der Waals surface area contributed by atoms with Crippen LogP contribution in [0.2, 0.25) is 5.02 Å². The molecule has 9 heteroatoms. The van der Waals surface area contributed by atoms with Gasteiger partial charge in [0, 0.05) is 20.8 Å². The smallest absolute Gasteiger partial charge is 0.250 e. The molecule has 0 saturated heterocycles. The van der Waals surface area contributed by atoms with E-state index in [0.717, 1.165) is 26.9 Å². The minimum absolute atomic E-state index is 0.127. The van der Waals surface area contributed by atoms with E-state index in [1.165, 1.54) is 11.8 Å².